The quantitative estimate of drug-likeness (QED) is 0.722. The monoisotopic (exact) mass is 227 g/mol. The molecule has 4 nitrogen and oxygen atoms in total. The number of amides is 1. The molecule has 0 aromatic carbocycles. The molecule has 0 aromatic rings. The third kappa shape index (κ3) is 4.21. The summed E-state index contributed by atoms with van der Waals surface area (Å²) in [5, 5.41) is 8.77. The Morgan fingerprint density at radius 3 is 2.50 bits per heavy atom. The van der Waals surface area contributed by atoms with E-state index in [9.17, 15) is 9.59 Å². The molecule has 1 rings (SSSR count). The van der Waals surface area contributed by atoms with Crippen LogP contribution < -0.4 is 0 Å². The van der Waals surface area contributed by atoms with E-state index >= 15 is 0 Å². The van der Waals surface area contributed by atoms with Crippen LogP contribution in [0.4, 0.5) is 0 Å². The summed E-state index contributed by atoms with van der Waals surface area (Å²) in [6, 6.07) is 0.0165. The lowest BCUT2D eigenvalue weighted by molar-refractivity contribution is -0.146. The second-order valence-electron chi connectivity index (χ2n) is 4.65. The Hall–Kier alpha value is -1.06. The lowest BCUT2D eigenvalue weighted by Gasteiger charge is -2.27. The third-order valence-corrected chi connectivity index (χ3v) is 3.21. The Kier molecular flexibility index (Phi) is 4.77. The minimum Gasteiger partial charge on any atom is -0.480 e. The molecular formula is C12H21NO3. The molecule has 1 aliphatic rings. The summed E-state index contributed by atoms with van der Waals surface area (Å²) in [6.07, 6.45) is 4.68. The van der Waals surface area contributed by atoms with Crippen LogP contribution in [-0.4, -0.2) is 34.5 Å². The van der Waals surface area contributed by atoms with Crippen molar-refractivity contribution in [3.63, 3.8) is 0 Å². The van der Waals surface area contributed by atoms with Crippen LogP contribution in [0.15, 0.2) is 0 Å². The van der Waals surface area contributed by atoms with Crippen LogP contribution in [0, 0.1) is 5.92 Å². The topological polar surface area (TPSA) is 57.6 Å². The first-order chi connectivity index (χ1) is 7.54. The molecule has 1 amide bonds. The first kappa shape index (κ1) is 13.0. The summed E-state index contributed by atoms with van der Waals surface area (Å²) in [5.41, 5.74) is 0. The fourth-order valence-electron chi connectivity index (χ4n) is 1.73. The minimum atomic E-state index is -0.930. The number of carbonyl (C=O) groups excluding carboxylic acids is 1. The average Bonchev–Trinajstić information content (AvgIpc) is 3.05. The summed E-state index contributed by atoms with van der Waals surface area (Å²) >= 11 is 0. The SMILES string of the molecule is CCC(C)N(CC(=O)O)C(=O)CCC1CC1. The van der Waals surface area contributed by atoms with Gasteiger partial charge in [0.15, 0.2) is 0 Å². The molecule has 0 radical (unpaired) electrons. The molecule has 0 saturated heterocycles. The molecule has 4 heteroatoms. The molecule has 0 heterocycles. The molecule has 1 saturated carbocycles. The van der Waals surface area contributed by atoms with Gasteiger partial charge in [-0.15, -0.1) is 0 Å². The van der Waals surface area contributed by atoms with Crippen molar-refractivity contribution >= 4 is 11.9 Å². The lowest BCUT2D eigenvalue weighted by atomic mass is 10.1. The van der Waals surface area contributed by atoms with E-state index in [1.54, 1.807) is 0 Å². The highest BCUT2D eigenvalue weighted by Crippen LogP contribution is 2.33. The average molecular weight is 227 g/mol. The molecule has 0 aliphatic heterocycles. The normalized spacial score (nSPS) is 16.9. The number of nitrogens with zero attached hydrogens (tertiary/aromatic N) is 1. The molecule has 0 aromatic heterocycles. The highest BCUT2D eigenvalue weighted by Gasteiger charge is 2.25. The number of hydrogen-bond donors (Lipinski definition) is 1. The summed E-state index contributed by atoms with van der Waals surface area (Å²) < 4.78 is 0. The second kappa shape index (κ2) is 5.87. The summed E-state index contributed by atoms with van der Waals surface area (Å²) in [7, 11) is 0. The maximum absolute atomic E-state index is 11.9. The van der Waals surface area contributed by atoms with Gasteiger partial charge in [-0.25, -0.2) is 0 Å². The van der Waals surface area contributed by atoms with Crippen molar-refractivity contribution in [1.29, 1.82) is 0 Å². The van der Waals surface area contributed by atoms with Gasteiger partial charge in [0.25, 0.3) is 0 Å². The van der Waals surface area contributed by atoms with E-state index in [2.05, 4.69) is 0 Å². The van der Waals surface area contributed by atoms with Crippen LogP contribution in [-0.2, 0) is 9.59 Å². The molecule has 92 valence electrons. The number of carbonyl (C=O) groups is 2. The fourth-order valence-corrected chi connectivity index (χ4v) is 1.73. The van der Waals surface area contributed by atoms with Crippen LogP contribution in [0.25, 0.3) is 0 Å². The van der Waals surface area contributed by atoms with Crippen LogP contribution in [0.2, 0.25) is 0 Å². The van der Waals surface area contributed by atoms with E-state index in [0.717, 1.165) is 12.8 Å². The van der Waals surface area contributed by atoms with E-state index in [1.165, 1.54) is 17.7 Å². The third-order valence-electron chi connectivity index (χ3n) is 3.21. The van der Waals surface area contributed by atoms with Crippen LogP contribution >= 0.6 is 0 Å². The first-order valence-corrected chi connectivity index (χ1v) is 6.05. The van der Waals surface area contributed by atoms with Gasteiger partial charge in [0, 0.05) is 12.5 Å². The smallest absolute Gasteiger partial charge is 0.323 e. The van der Waals surface area contributed by atoms with Gasteiger partial charge in [0.1, 0.15) is 6.54 Å². The van der Waals surface area contributed by atoms with E-state index < -0.39 is 5.97 Å². The summed E-state index contributed by atoms with van der Waals surface area (Å²) in [6.45, 7) is 3.70. The largest absolute Gasteiger partial charge is 0.480 e. The van der Waals surface area contributed by atoms with E-state index in [-0.39, 0.29) is 18.5 Å². The zero-order valence-corrected chi connectivity index (χ0v) is 10.1. The van der Waals surface area contributed by atoms with Gasteiger partial charge in [0.2, 0.25) is 5.91 Å². The van der Waals surface area contributed by atoms with E-state index in [1.807, 2.05) is 13.8 Å². The van der Waals surface area contributed by atoms with Crippen molar-refractivity contribution in [2.45, 2.75) is 52.0 Å². The van der Waals surface area contributed by atoms with E-state index in [0.29, 0.717) is 12.3 Å². The van der Waals surface area contributed by atoms with Crippen molar-refractivity contribution in [2.24, 2.45) is 5.92 Å². The van der Waals surface area contributed by atoms with Crippen molar-refractivity contribution in [3.05, 3.63) is 0 Å². The highest BCUT2D eigenvalue weighted by molar-refractivity contribution is 5.81. The minimum absolute atomic E-state index is 0.0105. The molecule has 1 N–H and O–H groups in total. The first-order valence-electron chi connectivity index (χ1n) is 6.05. The number of carboxylic acid groups (broad SMARTS) is 1. The number of aliphatic carboxylic acids is 1. The Morgan fingerprint density at radius 2 is 2.06 bits per heavy atom. The molecule has 1 atom stereocenters. The van der Waals surface area contributed by atoms with Crippen LogP contribution in [0.1, 0.15) is 46.0 Å². The van der Waals surface area contributed by atoms with Crippen LogP contribution in [0.3, 0.4) is 0 Å². The Bertz CT molecular complexity index is 261. The Labute approximate surface area is 96.6 Å². The number of carboxylic acids is 1. The fraction of sp³-hybridized carbons (Fsp3) is 0.833. The van der Waals surface area contributed by atoms with Gasteiger partial charge >= 0.3 is 5.97 Å². The van der Waals surface area contributed by atoms with Crippen molar-refractivity contribution < 1.29 is 14.7 Å². The predicted octanol–water partition coefficient (Wildman–Crippen LogP) is 1.89. The van der Waals surface area contributed by atoms with Gasteiger partial charge < -0.3 is 10.0 Å². The Morgan fingerprint density at radius 1 is 1.44 bits per heavy atom. The molecule has 0 spiro atoms. The van der Waals surface area contributed by atoms with Gasteiger partial charge in [-0.1, -0.05) is 19.8 Å². The van der Waals surface area contributed by atoms with E-state index in [4.69, 9.17) is 5.11 Å². The standard InChI is InChI=1S/C12H21NO3/c1-3-9(2)13(8-12(15)16)11(14)7-6-10-4-5-10/h9-10H,3-8H2,1-2H3,(H,15,16). The Balaban J connectivity index is 2.44. The lowest BCUT2D eigenvalue weighted by Crippen LogP contribution is -2.41. The number of hydrogen-bond acceptors (Lipinski definition) is 2. The summed E-state index contributed by atoms with van der Waals surface area (Å²) in [5.74, 6) is -0.226. The zero-order valence-electron chi connectivity index (χ0n) is 10.1. The predicted molar refractivity (Wildman–Crippen MR) is 61.1 cm³/mol. The van der Waals surface area contributed by atoms with Crippen LogP contribution in [0.5, 0.6) is 0 Å². The zero-order chi connectivity index (χ0) is 12.1. The van der Waals surface area contributed by atoms with Crippen molar-refractivity contribution in [2.75, 3.05) is 6.54 Å². The van der Waals surface area contributed by atoms with Crippen molar-refractivity contribution in [1.82, 2.24) is 4.90 Å². The second-order valence-corrected chi connectivity index (χ2v) is 4.65. The van der Waals surface area contributed by atoms with Gasteiger partial charge in [-0.05, 0) is 25.7 Å². The highest BCUT2D eigenvalue weighted by atomic mass is 16.4. The van der Waals surface area contributed by atoms with Crippen molar-refractivity contribution in [3.8, 4) is 0 Å². The van der Waals surface area contributed by atoms with Gasteiger partial charge in [0.05, 0.1) is 0 Å². The number of rotatable bonds is 7. The molecule has 1 aliphatic carbocycles. The maximum atomic E-state index is 11.9. The van der Waals surface area contributed by atoms with Gasteiger partial charge in [-0.3, -0.25) is 9.59 Å². The summed E-state index contributed by atoms with van der Waals surface area (Å²) in [4.78, 5) is 24.1. The van der Waals surface area contributed by atoms with Gasteiger partial charge in [-0.2, -0.15) is 0 Å². The molecule has 16 heavy (non-hydrogen) atoms. The maximum Gasteiger partial charge on any atom is 0.323 e. The molecule has 1 fully saturated rings. The molecule has 0 bridgehead atoms. The molecule has 1 unspecified atom stereocenters. The molecular weight excluding hydrogens is 206 g/mol.